The lowest BCUT2D eigenvalue weighted by molar-refractivity contribution is 0.0946. The van der Waals surface area contributed by atoms with Gasteiger partial charge in [-0.05, 0) is 56.2 Å². The molecule has 1 amide bonds. The summed E-state index contributed by atoms with van der Waals surface area (Å²) in [6, 6.07) is 13.3. The molecule has 0 unspecified atom stereocenters. The molecule has 0 bridgehead atoms. The molecule has 2 aromatic heterocycles. The third-order valence-electron chi connectivity index (χ3n) is 4.90. The van der Waals surface area contributed by atoms with Gasteiger partial charge >= 0.3 is 0 Å². The van der Waals surface area contributed by atoms with Gasteiger partial charge in [-0.1, -0.05) is 0 Å². The molecule has 0 atom stereocenters. The summed E-state index contributed by atoms with van der Waals surface area (Å²) in [5.41, 5.74) is 1.64. The molecule has 3 heterocycles. The minimum absolute atomic E-state index is 0.121. The zero-order valence-corrected chi connectivity index (χ0v) is 16.5. The van der Waals surface area contributed by atoms with Gasteiger partial charge in [-0.2, -0.15) is 4.98 Å². The molecule has 0 saturated carbocycles. The van der Waals surface area contributed by atoms with Gasteiger partial charge in [0.25, 0.3) is 5.91 Å². The molecular formula is C22H25N5O2. The number of aryl methyl sites for hydroxylation is 1. The van der Waals surface area contributed by atoms with Crippen LogP contribution in [0.5, 0.6) is 5.88 Å². The number of aromatic nitrogens is 3. The van der Waals surface area contributed by atoms with Gasteiger partial charge in [-0.3, -0.25) is 4.79 Å². The lowest BCUT2D eigenvalue weighted by atomic mass is 10.2. The fourth-order valence-electron chi connectivity index (χ4n) is 3.42. The van der Waals surface area contributed by atoms with Crippen molar-refractivity contribution in [1.82, 2.24) is 19.9 Å². The first-order valence-electron chi connectivity index (χ1n) is 9.94. The summed E-state index contributed by atoms with van der Waals surface area (Å²) in [7, 11) is 0. The van der Waals surface area contributed by atoms with E-state index in [1.807, 2.05) is 66.3 Å². The predicted octanol–water partition coefficient (Wildman–Crippen LogP) is 2.98. The van der Waals surface area contributed by atoms with Crippen LogP contribution in [0.25, 0.3) is 5.69 Å². The topological polar surface area (TPSA) is 72.3 Å². The number of rotatable bonds is 7. The molecule has 1 aromatic carbocycles. The Morgan fingerprint density at radius 2 is 1.83 bits per heavy atom. The summed E-state index contributed by atoms with van der Waals surface area (Å²) in [4.78, 5) is 23.4. The molecule has 1 N–H and O–H groups in total. The number of hydrogen-bond donors (Lipinski definition) is 1. The minimum Gasteiger partial charge on any atom is -0.476 e. The summed E-state index contributed by atoms with van der Waals surface area (Å²) in [5, 5.41) is 2.88. The third kappa shape index (κ3) is 4.74. The van der Waals surface area contributed by atoms with Crippen molar-refractivity contribution in [3.63, 3.8) is 0 Å². The molecule has 7 heteroatoms. The highest BCUT2D eigenvalue weighted by molar-refractivity contribution is 5.94. The van der Waals surface area contributed by atoms with E-state index in [4.69, 9.17) is 4.74 Å². The summed E-state index contributed by atoms with van der Waals surface area (Å²) in [6.07, 6.45) is 6.32. The van der Waals surface area contributed by atoms with Crippen LogP contribution in [0, 0.1) is 6.92 Å². The molecule has 0 radical (unpaired) electrons. The lowest BCUT2D eigenvalue weighted by Crippen LogP contribution is -2.28. The first-order valence-corrected chi connectivity index (χ1v) is 9.94. The minimum atomic E-state index is -0.121. The van der Waals surface area contributed by atoms with E-state index in [2.05, 4.69) is 20.2 Å². The maximum Gasteiger partial charge on any atom is 0.251 e. The maximum atomic E-state index is 12.3. The molecule has 4 rings (SSSR count). The predicted molar refractivity (Wildman–Crippen MR) is 112 cm³/mol. The normalized spacial score (nSPS) is 13.5. The Morgan fingerprint density at radius 1 is 1.10 bits per heavy atom. The number of nitrogens with zero attached hydrogens (tertiary/aromatic N) is 4. The smallest absolute Gasteiger partial charge is 0.251 e. The number of hydrogen-bond acceptors (Lipinski definition) is 5. The van der Waals surface area contributed by atoms with Crippen molar-refractivity contribution < 1.29 is 9.53 Å². The molecule has 7 nitrogen and oxygen atoms in total. The first-order chi connectivity index (χ1) is 14.2. The van der Waals surface area contributed by atoms with E-state index in [9.17, 15) is 4.79 Å². The van der Waals surface area contributed by atoms with Gasteiger partial charge in [0.2, 0.25) is 5.88 Å². The van der Waals surface area contributed by atoms with E-state index < -0.39 is 0 Å². The molecule has 1 aliphatic heterocycles. The average molecular weight is 391 g/mol. The molecule has 1 saturated heterocycles. The van der Waals surface area contributed by atoms with Crippen LogP contribution >= 0.6 is 0 Å². The average Bonchev–Trinajstić information content (AvgIpc) is 3.45. The second-order valence-corrected chi connectivity index (χ2v) is 7.05. The largest absolute Gasteiger partial charge is 0.476 e. The van der Waals surface area contributed by atoms with Crippen LogP contribution in [0.2, 0.25) is 0 Å². The van der Waals surface area contributed by atoms with Crippen molar-refractivity contribution in [1.29, 1.82) is 0 Å². The quantitative estimate of drug-likeness (QED) is 0.627. The van der Waals surface area contributed by atoms with Crippen LogP contribution < -0.4 is 15.0 Å². The Bertz CT molecular complexity index is 948. The number of ether oxygens (including phenoxy) is 1. The second-order valence-electron chi connectivity index (χ2n) is 7.05. The molecule has 0 aliphatic carbocycles. The van der Waals surface area contributed by atoms with E-state index in [0.717, 1.165) is 24.6 Å². The van der Waals surface area contributed by atoms with Crippen molar-refractivity contribution in [3.05, 3.63) is 66.2 Å². The molecule has 3 aromatic rings. The van der Waals surface area contributed by atoms with Gasteiger partial charge in [0, 0.05) is 42.8 Å². The lowest BCUT2D eigenvalue weighted by Gasteiger charge is -2.17. The van der Waals surface area contributed by atoms with Crippen molar-refractivity contribution in [2.24, 2.45) is 0 Å². The van der Waals surface area contributed by atoms with Crippen LogP contribution in [0.4, 0.5) is 5.82 Å². The number of amides is 1. The van der Waals surface area contributed by atoms with E-state index in [1.54, 1.807) is 0 Å². The fraction of sp³-hybridized carbons (Fsp3) is 0.318. The highest BCUT2D eigenvalue weighted by Crippen LogP contribution is 2.21. The first kappa shape index (κ1) is 19.0. The molecule has 1 aliphatic rings. The van der Waals surface area contributed by atoms with Crippen LogP contribution in [0.3, 0.4) is 0 Å². The molecular weight excluding hydrogens is 366 g/mol. The van der Waals surface area contributed by atoms with Gasteiger partial charge < -0.3 is 19.5 Å². The molecule has 0 spiro atoms. The van der Waals surface area contributed by atoms with Crippen LogP contribution in [-0.4, -0.2) is 46.7 Å². The third-order valence-corrected chi connectivity index (χ3v) is 4.90. The van der Waals surface area contributed by atoms with Gasteiger partial charge in [0.1, 0.15) is 18.2 Å². The summed E-state index contributed by atoms with van der Waals surface area (Å²) >= 11 is 0. The van der Waals surface area contributed by atoms with E-state index in [0.29, 0.717) is 30.4 Å². The van der Waals surface area contributed by atoms with Crippen molar-refractivity contribution in [2.75, 3.05) is 31.1 Å². The van der Waals surface area contributed by atoms with Crippen LogP contribution in [-0.2, 0) is 0 Å². The van der Waals surface area contributed by atoms with Crippen LogP contribution in [0.15, 0.2) is 54.9 Å². The van der Waals surface area contributed by atoms with E-state index >= 15 is 0 Å². The van der Waals surface area contributed by atoms with Crippen molar-refractivity contribution >= 4 is 11.7 Å². The number of carbonyl (C=O) groups excluding carboxylic acids is 1. The number of anilines is 1. The van der Waals surface area contributed by atoms with Gasteiger partial charge in [0.15, 0.2) is 0 Å². The van der Waals surface area contributed by atoms with E-state index in [1.165, 1.54) is 12.8 Å². The standard InChI is InChI=1S/C22H25N5O2/c1-17-24-20(27-13-4-5-14-27)16-21(25-17)29-15-10-23-22(28)18-6-8-19(9-7-18)26-11-2-3-12-26/h2-3,6-9,11-12,16H,4-5,10,13-15H2,1H3,(H,23,28). The number of benzene rings is 1. The molecule has 1 fully saturated rings. The summed E-state index contributed by atoms with van der Waals surface area (Å²) < 4.78 is 7.74. The van der Waals surface area contributed by atoms with Gasteiger partial charge in [-0.25, -0.2) is 4.98 Å². The summed E-state index contributed by atoms with van der Waals surface area (Å²) in [6.45, 7) is 4.67. The van der Waals surface area contributed by atoms with E-state index in [-0.39, 0.29) is 5.91 Å². The monoisotopic (exact) mass is 391 g/mol. The Hall–Kier alpha value is -3.35. The molecule has 150 valence electrons. The van der Waals surface area contributed by atoms with Crippen molar-refractivity contribution in [3.8, 4) is 11.6 Å². The summed E-state index contributed by atoms with van der Waals surface area (Å²) in [5.74, 6) is 2.03. The Morgan fingerprint density at radius 3 is 2.55 bits per heavy atom. The number of nitrogens with one attached hydrogen (secondary N) is 1. The second kappa shape index (κ2) is 8.77. The zero-order chi connectivity index (χ0) is 20.1. The number of carbonyl (C=O) groups is 1. The highest BCUT2D eigenvalue weighted by Gasteiger charge is 2.15. The Labute approximate surface area is 170 Å². The Balaban J connectivity index is 1.27. The highest BCUT2D eigenvalue weighted by atomic mass is 16.5. The SMILES string of the molecule is Cc1nc(OCCNC(=O)c2ccc(-n3cccc3)cc2)cc(N2CCCC2)n1. The van der Waals surface area contributed by atoms with Gasteiger partial charge in [0.05, 0.1) is 6.54 Å². The Kier molecular flexibility index (Phi) is 5.74. The zero-order valence-electron chi connectivity index (χ0n) is 16.5. The van der Waals surface area contributed by atoms with Crippen LogP contribution in [0.1, 0.15) is 29.0 Å². The maximum absolute atomic E-state index is 12.3. The van der Waals surface area contributed by atoms with Crippen molar-refractivity contribution in [2.45, 2.75) is 19.8 Å². The molecule has 29 heavy (non-hydrogen) atoms. The fourth-order valence-corrected chi connectivity index (χ4v) is 3.42. The van der Waals surface area contributed by atoms with Gasteiger partial charge in [-0.15, -0.1) is 0 Å².